The maximum atomic E-state index is 10.6. The number of likely N-dealkylation sites (tertiary alicyclic amines) is 1. The molecule has 0 aliphatic carbocycles. The summed E-state index contributed by atoms with van der Waals surface area (Å²) < 4.78 is 49.5. The maximum Gasteiger partial charge on any atom is 0.490 e. The standard InChI is InChI=1S/C20H30N2O3.C2HF3O2/c1-2-9-21-19(4-1)25-16-20-8-3-11-24-18(20)5-10-22(15-20)14-17-6-12-23-13-7-17;3-2(4,5)1(6)7/h1-2,4,9,17-18H,3,5-8,10-16H2;(H,6,7). The van der Waals surface area contributed by atoms with Crippen molar-refractivity contribution in [3.05, 3.63) is 24.4 Å². The number of nitrogens with zero attached hydrogens (tertiary/aromatic N) is 2. The molecule has 3 aliphatic heterocycles. The van der Waals surface area contributed by atoms with E-state index in [1.807, 2.05) is 18.2 Å². The van der Waals surface area contributed by atoms with Gasteiger partial charge < -0.3 is 24.2 Å². The van der Waals surface area contributed by atoms with E-state index in [4.69, 9.17) is 24.1 Å². The van der Waals surface area contributed by atoms with Gasteiger partial charge in [0.15, 0.2) is 0 Å². The molecule has 180 valence electrons. The lowest BCUT2D eigenvalue weighted by Crippen LogP contribution is -2.58. The fourth-order valence-corrected chi connectivity index (χ4v) is 4.69. The van der Waals surface area contributed by atoms with Gasteiger partial charge in [-0.15, -0.1) is 0 Å². The minimum absolute atomic E-state index is 0.110. The molecule has 0 aromatic carbocycles. The molecule has 1 aromatic rings. The molecule has 32 heavy (non-hydrogen) atoms. The fraction of sp³-hybridized carbons (Fsp3) is 0.727. The van der Waals surface area contributed by atoms with E-state index in [-0.39, 0.29) is 5.41 Å². The van der Waals surface area contributed by atoms with Crippen molar-refractivity contribution < 1.29 is 37.3 Å². The molecule has 3 saturated heterocycles. The van der Waals surface area contributed by atoms with Gasteiger partial charge in [-0.1, -0.05) is 6.07 Å². The number of carbonyl (C=O) groups is 1. The van der Waals surface area contributed by atoms with Crippen LogP contribution in [0.25, 0.3) is 0 Å². The predicted octanol–water partition coefficient (Wildman–Crippen LogP) is 3.39. The van der Waals surface area contributed by atoms with Crippen LogP contribution in [0.4, 0.5) is 13.2 Å². The van der Waals surface area contributed by atoms with Crippen molar-refractivity contribution in [2.24, 2.45) is 11.3 Å². The Hall–Kier alpha value is -1.91. The first-order valence-electron chi connectivity index (χ1n) is 11.0. The summed E-state index contributed by atoms with van der Waals surface area (Å²) in [6.45, 7) is 6.89. The van der Waals surface area contributed by atoms with Gasteiger partial charge in [-0.2, -0.15) is 13.2 Å². The molecule has 4 heterocycles. The summed E-state index contributed by atoms with van der Waals surface area (Å²) in [6, 6.07) is 5.85. The van der Waals surface area contributed by atoms with Crippen LogP contribution in [0.1, 0.15) is 32.1 Å². The highest BCUT2D eigenvalue weighted by Gasteiger charge is 2.47. The van der Waals surface area contributed by atoms with E-state index < -0.39 is 12.1 Å². The van der Waals surface area contributed by atoms with Crippen molar-refractivity contribution >= 4 is 5.97 Å². The van der Waals surface area contributed by atoms with Crippen molar-refractivity contribution in [3.8, 4) is 5.88 Å². The molecule has 2 unspecified atom stereocenters. The third kappa shape index (κ3) is 7.05. The average Bonchev–Trinajstić information content (AvgIpc) is 2.79. The van der Waals surface area contributed by atoms with Crippen LogP contribution >= 0.6 is 0 Å². The number of alkyl halides is 3. The Labute approximate surface area is 185 Å². The van der Waals surface area contributed by atoms with Gasteiger partial charge in [-0.3, -0.25) is 0 Å². The van der Waals surface area contributed by atoms with Gasteiger partial charge in [-0.05, 0) is 44.1 Å². The Balaban J connectivity index is 0.000000360. The van der Waals surface area contributed by atoms with Crippen LogP contribution in [-0.2, 0) is 14.3 Å². The third-order valence-electron chi connectivity index (χ3n) is 6.31. The molecule has 0 spiro atoms. The minimum atomic E-state index is -5.08. The maximum absolute atomic E-state index is 10.6. The van der Waals surface area contributed by atoms with Crippen molar-refractivity contribution in [1.29, 1.82) is 0 Å². The first kappa shape index (κ1) is 24.7. The van der Waals surface area contributed by atoms with E-state index >= 15 is 0 Å². The molecular formula is C22H31F3N2O5. The zero-order valence-corrected chi connectivity index (χ0v) is 18.1. The Morgan fingerprint density at radius 2 is 2.00 bits per heavy atom. The summed E-state index contributed by atoms with van der Waals surface area (Å²) in [5.74, 6) is -1.25. The van der Waals surface area contributed by atoms with E-state index in [0.29, 0.717) is 12.7 Å². The highest BCUT2D eigenvalue weighted by Crippen LogP contribution is 2.41. The second kappa shape index (κ2) is 11.3. The van der Waals surface area contributed by atoms with Gasteiger partial charge in [0, 0.05) is 57.1 Å². The first-order valence-corrected chi connectivity index (χ1v) is 11.0. The monoisotopic (exact) mass is 460 g/mol. The van der Waals surface area contributed by atoms with Gasteiger partial charge >= 0.3 is 12.1 Å². The number of fused-ring (bicyclic) bond motifs is 1. The SMILES string of the molecule is O=C(O)C(F)(F)F.c1ccc(OCC23CCCOC2CCN(CC2CCOCC2)C3)nc1. The third-order valence-corrected chi connectivity index (χ3v) is 6.31. The zero-order valence-electron chi connectivity index (χ0n) is 18.1. The molecule has 3 aliphatic rings. The summed E-state index contributed by atoms with van der Waals surface area (Å²) >= 11 is 0. The minimum Gasteiger partial charge on any atom is -0.477 e. The van der Waals surface area contributed by atoms with Crippen LogP contribution < -0.4 is 4.74 Å². The number of halogens is 3. The summed E-state index contributed by atoms with van der Waals surface area (Å²) in [5.41, 5.74) is 0.110. The number of carboxylic acid groups (broad SMARTS) is 1. The molecule has 7 nitrogen and oxygen atoms in total. The molecular weight excluding hydrogens is 429 g/mol. The molecule has 10 heteroatoms. The van der Waals surface area contributed by atoms with Crippen molar-refractivity contribution in [2.75, 3.05) is 46.1 Å². The number of rotatable bonds is 5. The molecule has 2 atom stereocenters. The summed E-state index contributed by atoms with van der Waals surface area (Å²) in [6.07, 6.45) is 2.88. The lowest BCUT2D eigenvalue weighted by atomic mass is 9.72. The Morgan fingerprint density at radius 1 is 1.25 bits per heavy atom. The molecule has 0 bridgehead atoms. The van der Waals surface area contributed by atoms with Crippen LogP contribution in [0.5, 0.6) is 5.88 Å². The Kier molecular flexibility index (Phi) is 8.72. The van der Waals surface area contributed by atoms with E-state index in [9.17, 15) is 13.2 Å². The van der Waals surface area contributed by atoms with Crippen LogP contribution in [0, 0.1) is 11.3 Å². The highest BCUT2D eigenvalue weighted by atomic mass is 19.4. The normalized spacial score (nSPS) is 27.0. The van der Waals surface area contributed by atoms with Gasteiger partial charge in [0.25, 0.3) is 0 Å². The van der Waals surface area contributed by atoms with E-state index in [1.54, 1.807) is 6.20 Å². The molecule has 4 rings (SSSR count). The van der Waals surface area contributed by atoms with Crippen LogP contribution in [0.3, 0.4) is 0 Å². The molecule has 0 amide bonds. The van der Waals surface area contributed by atoms with Gasteiger partial charge in [0.1, 0.15) is 0 Å². The predicted molar refractivity (Wildman–Crippen MR) is 109 cm³/mol. The lowest BCUT2D eigenvalue weighted by molar-refractivity contribution is -0.192. The van der Waals surface area contributed by atoms with Crippen molar-refractivity contribution in [3.63, 3.8) is 0 Å². The molecule has 1 N–H and O–H groups in total. The first-order chi connectivity index (χ1) is 15.3. The number of hydrogen-bond donors (Lipinski definition) is 1. The summed E-state index contributed by atoms with van der Waals surface area (Å²) in [5, 5.41) is 7.12. The topological polar surface area (TPSA) is 81.1 Å². The fourth-order valence-electron chi connectivity index (χ4n) is 4.69. The Morgan fingerprint density at radius 3 is 2.66 bits per heavy atom. The van der Waals surface area contributed by atoms with Gasteiger partial charge in [-0.25, -0.2) is 9.78 Å². The number of piperidine rings is 1. The molecule has 0 radical (unpaired) electrons. The van der Waals surface area contributed by atoms with E-state index in [2.05, 4.69) is 9.88 Å². The number of aromatic nitrogens is 1. The highest BCUT2D eigenvalue weighted by molar-refractivity contribution is 5.73. The Bertz CT molecular complexity index is 715. The largest absolute Gasteiger partial charge is 0.490 e. The lowest BCUT2D eigenvalue weighted by Gasteiger charge is -2.50. The van der Waals surface area contributed by atoms with E-state index in [0.717, 1.165) is 57.5 Å². The number of carboxylic acids is 1. The zero-order chi connectivity index (χ0) is 23.0. The van der Waals surface area contributed by atoms with Crippen LogP contribution in [0.15, 0.2) is 24.4 Å². The van der Waals surface area contributed by atoms with E-state index in [1.165, 1.54) is 25.8 Å². The molecule has 3 fully saturated rings. The smallest absolute Gasteiger partial charge is 0.477 e. The second-order valence-corrected chi connectivity index (χ2v) is 8.66. The number of aliphatic carboxylic acids is 1. The van der Waals surface area contributed by atoms with Gasteiger partial charge in [0.05, 0.1) is 12.7 Å². The number of ether oxygens (including phenoxy) is 3. The van der Waals surface area contributed by atoms with Crippen molar-refractivity contribution in [2.45, 2.75) is 44.4 Å². The van der Waals surface area contributed by atoms with Crippen LogP contribution in [-0.4, -0.2) is 79.3 Å². The van der Waals surface area contributed by atoms with Gasteiger partial charge in [0.2, 0.25) is 5.88 Å². The molecule has 0 saturated carbocycles. The quantitative estimate of drug-likeness (QED) is 0.721. The number of hydrogen-bond acceptors (Lipinski definition) is 6. The summed E-state index contributed by atoms with van der Waals surface area (Å²) in [4.78, 5) is 15.9. The summed E-state index contributed by atoms with van der Waals surface area (Å²) in [7, 11) is 0. The van der Waals surface area contributed by atoms with Crippen molar-refractivity contribution in [1.82, 2.24) is 9.88 Å². The second-order valence-electron chi connectivity index (χ2n) is 8.66. The van der Waals surface area contributed by atoms with Crippen LogP contribution in [0.2, 0.25) is 0 Å². The number of pyridine rings is 1. The molecule has 1 aromatic heterocycles. The average molecular weight is 460 g/mol.